The van der Waals surface area contributed by atoms with Gasteiger partial charge in [0, 0.05) is 17.9 Å². The summed E-state index contributed by atoms with van der Waals surface area (Å²) in [5, 5.41) is 23.4. The smallest absolute Gasteiger partial charge is 0.543 e. The van der Waals surface area contributed by atoms with Crippen LogP contribution in [0, 0.1) is 11.8 Å². The molecule has 4 atom stereocenters. The summed E-state index contributed by atoms with van der Waals surface area (Å²) in [6.45, 7) is 4.76. The maximum Gasteiger partial charge on any atom is 1.00 e. The molecule has 0 saturated carbocycles. The number of rotatable bonds is 10. The van der Waals surface area contributed by atoms with Crippen molar-refractivity contribution in [3.05, 3.63) is 32.1 Å². The van der Waals surface area contributed by atoms with Crippen molar-refractivity contribution >= 4 is 41.1 Å². The molecule has 3 rings (SSSR count). The molecule has 0 bridgehead atoms. The number of hydrogen-bond donors (Lipinski definition) is 1. The number of aliphatic hydroxyl groups excluding tert-OH is 1. The fraction of sp³-hybridized carbons (Fsp3) is 0.526. The maximum atomic E-state index is 12.3. The minimum absolute atomic E-state index is 0. The van der Waals surface area contributed by atoms with E-state index in [1.165, 1.54) is 28.0 Å². The van der Waals surface area contributed by atoms with E-state index in [1.54, 1.807) is 25.0 Å². The van der Waals surface area contributed by atoms with Crippen LogP contribution >= 0.6 is 23.1 Å². The first-order valence-corrected chi connectivity index (χ1v) is 10.9. The number of hydrogen-bond acceptors (Lipinski definition) is 9. The Kier molecular flexibility index (Phi) is 9.57. The summed E-state index contributed by atoms with van der Waals surface area (Å²) < 4.78 is 10.4. The van der Waals surface area contributed by atoms with E-state index in [4.69, 9.17) is 9.47 Å². The minimum Gasteiger partial charge on any atom is -0.543 e. The largest absolute Gasteiger partial charge is 1.00 e. The van der Waals surface area contributed by atoms with Crippen molar-refractivity contribution in [2.75, 3.05) is 20.3 Å². The van der Waals surface area contributed by atoms with Crippen LogP contribution in [0.1, 0.15) is 24.4 Å². The van der Waals surface area contributed by atoms with Gasteiger partial charge in [0.15, 0.2) is 0 Å². The Morgan fingerprint density at radius 3 is 2.87 bits per heavy atom. The number of β-lactam (4-membered cyclic amide) rings is 1. The SMILES string of the molecule is COCCOCc1ncsc1/C=C\SC1=C(C(=O)[O-])N2C(=O)[C@H]([C@@H](C)O)[C@H]2[C@H]1C.[Na+]. The molecule has 158 valence electrons. The van der Waals surface area contributed by atoms with Crippen LogP contribution < -0.4 is 34.7 Å². The summed E-state index contributed by atoms with van der Waals surface area (Å²) in [6, 6.07) is -0.348. The van der Waals surface area contributed by atoms with Crippen molar-refractivity contribution in [3.8, 4) is 0 Å². The van der Waals surface area contributed by atoms with Crippen LogP contribution in [0.2, 0.25) is 0 Å². The van der Waals surface area contributed by atoms with Gasteiger partial charge in [-0.1, -0.05) is 18.7 Å². The van der Waals surface area contributed by atoms with Crippen LogP contribution in [-0.2, 0) is 25.7 Å². The number of methoxy groups -OCH3 is 1. The molecule has 0 unspecified atom stereocenters. The van der Waals surface area contributed by atoms with Gasteiger partial charge < -0.3 is 29.4 Å². The fourth-order valence-electron chi connectivity index (χ4n) is 3.67. The third kappa shape index (κ3) is 5.02. The van der Waals surface area contributed by atoms with Crippen molar-refractivity contribution in [1.82, 2.24) is 9.88 Å². The minimum atomic E-state index is -1.38. The van der Waals surface area contributed by atoms with Crippen LogP contribution in [0.5, 0.6) is 0 Å². The molecule has 0 radical (unpaired) electrons. The van der Waals surface area contributed by atoms with Gasteiger partial charge in [-0.15, -0.1) is 11.3 Å². The second-order valence-corrected chi connectivity index (χ2v) is 8.72. The summed E-state index contributed by atoms with van der Waals surface area (Å²) in [7, 11) is 1.61. The van der Waals surface area contributed by atoms with E-state index in [9.17, 15) is 19.8 Å². The predicted molar refractivity (Wildman–Crippen MR) is 107 cm³/mol. The number of carbonyl (C=O) groups is 2. The predicted octanol–water partition coefficient (Wildman–Crippen LogP) is -2.17. The number of thiazole rings is 1. The van der Waals surface area contributed by atoms with Crippen LogP contribution in [0.4, 0.5) is 0 Å². The Morgan fingerprint density at radius 2 is 2.23 bits per heavy atom. The molecule has 0 aromatic carbocycles. The number of nitrogens with zero attached hydrogens (tertiary/aromatic N) is 2. The van der Waals surface area contributed by atoms with E-state index >= 15 is 0 Å². The number of carboxylic acids is 1. The molecule has 1 fully saturated rings. The summed E-state index contributed by atoms with van der Waals surface area (Å²) in [4.78, 5) is 31.0. The number of fused-ring (bicyclic) bond motifs is 1. The van der Waals surface area contributed by atoms with E-state index in [-0.39, 0.29) is 53.1 Å². The quantitative estimate of drug-likeness (QED) is 0.238. The van der Waals surface area contributed by atoms with Gasteiger partial charge in [0.25, 0.3) is 0 Å². The van der Waals surface area contributed by atoms with Crippen molar-refractivity contribution in [1.29, 1.82) is 0 Å². The van der Waals surface area contributed by atoms with Gasteiger partial charge in [-0.05, 0) is 18.4 Å². The molecule has 30 heavy (non-hydrogen) atoms. The molecule has 1 saturated heterocycles. The normalized spacial score (nSPS) is 24.1. The zero-order chi connectivity index (χ0) is 21.1. The Morgan fingerprint density at radius 1 is 1.50 bits per heavy atom. The van der Waals surface area contributed by atoms with Crippen LogP contribution in [0.3, 0.4) is 0 Å². The number of carbonyl (C=O) groups excluding carboxylic acids is 2. The molecule has 1 aromatic rings. The van der Waals surface area contributed by atoms with Crippen molar-refractivity contribution in [3.63, 3.8) is 0 Å². The van der Waals surface area contributed by atoms with Gasteiger partial charge in [0.1, 0.15) is 0 Å². The van der Waals surface area contributed by atoms with Crippen molar-refractivity contribution in [2.24, 2.45) is 11.8 Å². The number of thioether (sulfide) groups is 1. The Labute approximate surface area is 205 Å². The molecule has 2 aliphatic heterocycles. The van der Waals surface area contributed by atoms with Gasteiger partial charge in [-0.3, -0.25) is 4.79 Å². The zero-order valence-electron chi connectivity index (χ0n) is 17.4. The van der Waals surface area contributed by atoms with Gasteiger partial charge in [0.2, 0.25) is 5.91 Å². The maximum absolute atomic E-state index is 12.3. The molecule has 0 aliphatic carbocycles. The first-order valence-electron chi connectivity index (χ1n) is 9.17. The Bertz CT molecular complexity index is 841. The molecule has 0 spiro atoms. The van der Waals surface area contributed by atoms with E-state index < -0.39 is 18.0 Å². The van der Waals surface area contributed by atoms with Gasteiger partial charge >= 0.3 is 29.6 Å². The third-order valence-corrected chi connectivity index (χ3v) is 6.99. The topological polar surface area (TPSA) is 112 Å². The van der Waals surface area contributed by atoms with Crippen LogP contribution in [-0.4, -0.2) is 59.3 Å². The molecule has 1 aromatic heterocycles. The summed E-state index contributed by atoms with van der Waals surface area (Å²) in [6.07, 6.45) is 1.03. The molecular formula is C19H23N2NaO6S2. The Hall–Kier alpha value is -0.720. The molecule has 1 N–H and O–H groups in total. The van der Waals surface area contributed by atoms with E-state index in [1.807, 2.05) is 13.0 Å². The van der Waals surface area contributed by atoms with E-state index in [0.717, 1.165) is 10.6 Å². The molecule has 3 heterocycles. The number of aliphatic carboxylic acids is 1. The van der Waals surface area contributed by atoms with E-state index in [0.29, 0.717) is 24.7 Å². The van der Waals surface area contributed by atoms with Crippen LogP contribution in [0.25, 0.3) is 6.08 Å². The average Bonchev–Trinajstić information content (AvgIpc) is 3.20. The molecular weight excluding hydrogens is 439 g/mol. The standard InChI is InChI=1S/C19H24N2O6S2.Na/c1-10-15-14(11(2)22)18(23)21(15)16(19(24)25)17(10)28-7-4-13-12(20-9-29-13)8-27-6-5-26-3;/h4,7,9-11,14-15,22H,5-6,8H2,1-3H3,(H,24,25);/q;+1/p-1/b7-4-;/t10-,11-,14-,15-;/m1./s1. The van der Waals surface area contributed by atoms with Crippen LogP contribution in [0.15, 0.2) is 21.5 Å². The molecule has 8 nitrogen and oxygen atoms in total. The zero-order valence-corrected chi connectivity index (χ0v) is 21.0. The summed E-state index contributed by atoms with van der Waals surface area (Å²) >= 11 is 2.71. The number of ether oxygens (including phenoxy) is 2. The Balaban J connectivity index is 0.00000320. The molecule has 11 heteroatoms. The average molecular weight is 463 g/mol. The summed E-state index contributed by atoms with van der Waals surface area (Å²) in [5.41, 5.74) is 2.43. The van der Waals surface area contributed by atoms with Gasteiger partial charge in [-0.25, -0.2) is 4.98 Å². The second kappa shape index (κ2) is 11.2. The van der Waals surface area contributed by atoms with Crippen molar-refractivity contribution < 1.29 is 58.8 Å². The monoisotopic (exact) mass is 462 g/mol. The van der Waals surface area contributed by atoms with Crippen molar-refractivity contribution in [2.45, 2.75) is 32.6 Å². The number of carboxylic acid groups (broad SMARTS) is 1. The van der Waals surface area contributed by atoms with Gasteiger partial charge in [-0.2, -0.15) is 0 Å². The number of aromatic nitrogens is 1. The molecule has 2 aliphatic rings. The fourth-order valence-corrected chi connectivity index (χ4v) is 5.44. The van der Waals surface area contributed by atoms with E-state index in [2.05, 4.69) is 4.98 Å². The molecule has 1 amide bonds. The summed E-state index contributed by atoms with van der Waals surface area (Å²) in [5.74, 6) is -2.53. The van der Waals surface area contributed by atoms with Gasteiger partial charge in [0.05, 0.1) is 65.6 Å². The number of aliphatic hydroxyl groups is 1. The number of amides is 1. The first kappa shape index (κ1) is 25.5. The third-order valence-electron chi connectivity index (χ3n) is 5.06. The second-order valence-electron chi connectivity index (χ2n) is 6.88. The first-order chi connectivity index (χ1) is 13.9.